The summed E-state index contributed by atoms with van der Waals surface area (Å²) >= 11 is 0. The van der Waals surface area contributed by atoms with Gasteiger partial charge >= 0.3 is 0 Å². The van der Waals surface area contributed by atoms with Crippen molar-refractivity contribution in [3.05, 3.63) is 0 Å². The zero-order valence-corrected chi connectivity index (χ0v) is 9.59. The molecule has 0 aromatic heterocycles. The molecule has 0 radical (unpaired) electrons. The van der Waals surface area contributed by atoms with Crippen molar-refractivity contribution in [2.75, 3.05) is 19.3 Å². The molecule has 0 bridgehead atoms. The van der Waals surface area contributed by atoms with Gasteiger partial charge in [0.1, 0.15) is 0 Å². The van der Waals surface area contributed by atoms with Crippen molar-refractivity contribution < 1.29 is 8.42 Å². The summed E-state index contributed by atoms with van der Waals surface area (Å²) < 4.78 is 24.6. The second-order valence-corrected chi connectivity index (χ2v) is 5.89. The van der Waals surface area contributed by atoms with Crippen LogP contribution in [0.3, 0.4) is 0 Å². The number of hydrogen-bond acceptors (Lipinski definition) is 3. The molecule has 2 N–H and O–H groups in total. The van der Waals surface area contributed by atoms with Crippen LogP contribution in [-0.4, -0.2) is 38.1 Å². The van der Waals surface area contributed by atoms with Crippen molar-refractivity contribution in [1.29, 1.82) is 0 Å². The highest BCUT2D eigenvalue weighted by molar-refractivity contribution is 7.88. The number of nitrogens with two attached hydrogens (primary N) is 1. The van der Waals surface area contributed by atoms with Crippen LogP contribution in [0.1, 0.15) is 32.1 Å². The Kier molecular flexibility index (Phi) is 4.34. The standard InChI is InChI=1S/C9H20N2O2S/c1-14(12,13)11-8-3-2-5-9(11)6-4-7-10/h9H,2-8,10H2,1H3. The number of sulfonamides is 1. The quantitative estimate of drug-likeness (QED) is 0.752. The maximum absolute atomic E-state index is 11.5. The van der Waals surface area contributed by atoms with Gasteiger partial charge in [0.15, 0.2) is 0 Å². The Bertz CT molecular complexity index is 264. The molecule has 1 rings (SSSR count). The van der Waals surface area contributed by atoms with E-state index >= 15 is 0 Å². The minimum absolute atomic E-state index is 0.197. The van der Waals surface area contributed by atoms with Crippen LogP contribution in [0.15, 0.2) is 0 Å². The van der Waals surface area contributed by atoms with Gasteiger partial charge in [-0.25, -0.2) is 8.42 Å². The van der Waals surface area contributed by atoms with Gasteiger partial charge in [0.2, 0.25) is 10.0 Å². The summed E-state index contributed by atoms with van der Waals surface area (Å²) in [5, 5.41) is 0. The molecule has 1 aliphatic heterocycles. The summed E-state index contributed by atoms with van der Waals surface area (Å²) in [6.45, 7) is 1.34. The molecule has 0 saturated carbocycles. The lowest BCUT2D eigenvalue weighted by Crippen LogP contribution is -2.43. The van der Waals surface area contributed by atoms with E-state index in [2.05, 4.69) is 0 Å². The lowest BCUT2D eigenvalue weighted by atomic mass is 10.0. The maximum Gasteiger partial charge on any atom is 0.211 e. The minimum atomic E-state index is -3.01. The van der Waals surface area contributed by atoms with Gasteiger partial charge in [-0.3, -0.25) is 0 Å². The molecule has 84 valence electrons. The maximum atomic E-state index is 11.5. The summed E-state index contributed by atoms with van der Waals surface area (Å²) in [7, 11) is -3.01. The first-order valence-corrected chi connectivity index (χ1v) is 7.07. The fourth-order valence-corrected chi connectivity index (χ4v) is 3.27. The van der Waals surface area contributed by atoms with Gasteiger partial charge in [-0.1, -0.05) is 6.42 Å². The van der Waals surface area contributed by atoms with Crippen molar-refractivity contribution in [2.24, 2.45) is 5.73 Å². The minimum Gasteiger partial charge on any atom is -0.330 e. The summed E-state index contributed by atoms with van der Waals surface area (Å²) in [5.41, 5.74) is 5.43. The highest BCUT2D eigenvalue weighted by Gasteiger charge is 2.28. The zero-order chi connectivity index (χ0) is 10.6. The number of rotatable bonds is 4. The van der Waals surface area contributed by atoms with Gasteiger partial charge in [0.25, 0.3) is 0 Å². The largest absolute Gasteiger partial charge is 0.330 e. The summed E-state index contributed by atoms with van der Waals surface area (Å²) in [4.78, 5) is 0. The van der Waals surface area contributed by atoms with Gasteiger partial charge in [0.05, 0.1) is 6.26 Å². The normalized spacial score (nSPS) is 25.1. The van der Waals surface area contributed by atoms with Gasteiger partial charge < -0.3 is 5.73 Å². The average Bonchev–Trinajstić information content (AvgIpc) is 2.14. The highest BCUT2D eigenvalue weighted by Crippen LogP contribution is 2.22. The van der Waals surface area contributed by atoms with Crippen molar-refractivity contribution >= 4 is 10.0 Å². The van der Waals surface area contributed by atoms with E-state index in [1.807, 2.05) is 0 Å². The predicted octanol–water partition coefficient (Wildman–Crippen LogP) is 0.539. The summed E-state index contributed by atoms with van der Waals surface area (Å²) in [6, 6.07) is 0.197. The molecule has 0 aliphatic carbocycles. The first-order chi connectivity index (χ1) is 6.55. The second kappa shape index (κ2) is 5.09. The van der Waals surface area contributed by atoms with Gasteiger partial charge in [-0.2, -0.15) is 4.31 Å². The van der Waals surface area contributed by atoms with Crippen LogP contribution in [0.4, 0.5) is 0 Å². The molecule has 1 aliphatic rings. The van der Waals surface area contributed by atoms with Crippen LogP contribution in [-0.2, 0) is 10.0 Å². The Labute approximate surface area is 86.5 Å². The summed E-state index contributed by atoms with van der Waals surface area (Å²) in [5.74, 6) is 0. The van der Waals surface area contributed by atoms with E-state index in [1.165, 1.54) is 6.26 Å². The van der Waals surface area contributed by atoms with E-state index in [4.69, 9.17) is 5.73 Å². The summed E-state index contributed by atoms with van der Waals surface area (Å²) in [6.07, 6.45) is 6.24. The van der Waals surface area contributed by atoms with Gasteiger partial charge in [-0.15, -0.1) is 0 Å². The lowest BCUT2D eigenvalue weighted by Gasteiger charge is -2.33. The highest BCUT2D eigenvalue weighted by atomic mass is 32.2. The molecule has 1 fully saturated rings. The van der Waals surface area contributed by atoms with Crippen molar-refractivity contribution in [2.45, 2.75) is 38.1 Å². The Morgan fingerprint density at radius 1 is 1.43 bits per heavy atom. The third-order valence-electron chi connectivity index (χ3n) is 2.74. The Morgan fingerprint density at radius 2 is 2.14 bits per heavy atom. The van der Waals surface area contributed by atoms with Crippen LogP contribution < -0.4 is 5.73 Å². The topological polar surface area (TPSA) is 63.4 Å². The second-order valence-electron chi connectivity index (χ2n) is 3.95. The molecule has 0 spiro atoms. The molecular weight excluding hydrogens is 200 g/mol. The van der Waals surface area contributed by atoms with Crippen molar-refractivity contribution in [1.82, 2.24) is 4.31 Å². The van der Waals surface area contributed by atoms with Crippen LogP contribution >= 0.6 is 0 Å². The molecule has 5 heteroatoms. The van der Waals surface area contributed by atoms with Crippen LogP contribution in [0.25, 0.3) is 0 Å². The van der Waals surface area contributed by atoms with E-state index in [9.17, 15) is 8.42 Å². The zero-order valence-electron chi connectivity index (χ0n) is 8.78. The van der Waals surface area contributed by atoms with Crippen LogP contribution in [0, 0.1) is 0 Å². The average molecular weight is 220 g/mol. The van der Waals surface area contributed by atoms with Crippen LogP contribution in [0.2, 0.25) is 0 Å². The smallest absolute Gasteiger partial charge is 0.211 e. The van der Waals surface area contributed by atoms with Crippen LogP contribution in [0.5, 0.6) is 0 Å². The van der Waals surface area contributed by atoms with E-state index in [0.29, 0.717) is 13.1 Å². The van der Waals surface area contributed by atoms with Gasteiger partial charge in [-0.05, 0) is 32.2 Å². The molecular formula is C9H20N2O2S. The molecule has 1 saturated heterocycles. The molecule has 1 atom stereocenters. The molecule has 0 aromatic carbocycles. The third-order valence-corrected chi connectivity index (χ3v) is 4.07. The molecule has 0 amide bonds. The van der Waals surface area contributed by atoms with E-state index in [0.717, 1.165) is 32.1 Å². The Morgan fingerprint density at radius 3 is 2.71 bits per heavy atom. The molecule has 4 nitrogen and oxygen atoms in total. The SMILES string of the molecule is CS(=O)(=O)N1CCCCC1CCCN. The Balaban J connectivity index is 2.60. The predicted molar refractivity (Wildman–Crippen MR) is 57.5 cm³/mol. The fourth-order valence-electron chi connectivity index (χ4n) is 2.05. The van der Waals surface area contributed by atoms with E-state index < -0.39 is 10.0 Å². The van der Waals surface area contributed by atoms with E-state index in [1.54, 1.807) is 4.31 Å². The number of hydrogen-bond donors (Lipinski definition) is 1. The number of piperidine rings is 1. The first kappa shape index (κ1) is 11.9. The molecule has 1 heterocycles. The van der Waals surface area contributed by atoms with Gasteiger partial charge in [0, 0.05) is 12.6 Å². The lowest BCUT2D eigenvalue weighted by molar-refractivity contribution is 0.240. The molecule has 0 aromatic rings. The molecule has 14 heavy (non-hydrogen) atoms. The first-order valence-electron chi connectivity index (χ1n) is 5.22. The van der Waals surface area contributed by atoms with Crippen molar-refractivity contribution in [3.8, 4) is 0 Å². The third kappa shape index (κ3) is 3.22. The van der Waals surface area contributed by atoms with Crippen molar-refractivity contribution in [3.63, 3.8) is 0 Å². The van der Waals surface area contributed by atoms with E-state index in [-0.39, 0.29) is 6.04 Å². The fraction of sp³-hybridized carbons (Fsp3) is 1.00. The monoisotopic (exact) mass is 220 g/mol. The number of nitrogens with zero attached hydrogens (tertiary/aromatic N) is 1. The Hall–Kier alpha value is -0.130. The molecule has 1 unspecified atom stereocenters.